The zero-order valence-corrected chi connectivity index (χ0v) is 17.7. The number of para-hydroxylation sites is 1. The molecule has 2 atom stereocenters. The Kier molecular flexibility index (Phi) is 6.08. The van der Waals surface area contributed by atoms with Gasteiger partial charge in [0, 0.05) is 23.7 Å². The molecule has 0 saturated carbocycles. The van der Waals surface area contributed by atoms with Crippen molar-refractivity contribution >= 4 is 40.9 Å². The van der Waals surface area contributed by atoms with Crippen molar-refractivity contribution in [2.45, 2.75) is 36.3 Å². The van der Waals surface area contributed by atoms with Gasteiger partial charge in [0.2, 0.25) is 17.7 Å². The Balaban J connectivity index is 1.41. The Morgan fingerprint density at radius 3 is 2.87 bits per heavy atom. The van der Waals surface area contributed by atoms with E-state index in [4.69, 9.17) is 0 Å². The van der Waals surface area contributed by atoms with Gasteiger partial charge in [0.25, 0.3) is 0 Å². The predicted octanol–water partition coefficient (Wildman–Crippen LogP) is 3.54. The second-order valence-corrected chi connectivity index (χ2v) is 8.80. The van der Waals surface area contributed by atoms with E-state index in [0.29, 0.717) is 13.1 Å². The van der Waals surface area contributed by atoms with E-state index >= 15 is 0 Å². The highest BCUT2D eigenvalue weighted by Crippen LogP contribution is 2.36. The number of carbonyl (C=O) groups is 3. The van der Waals surface area contributed by atoms with Gasteiger partial charge in [-0.05, 0) is 49.1 Å². The molecule has 7 heteroatoms. The number of anilines is 2. The molecule has 0 aromatic heterocycles. The van der Waals surface area contributed by atoms with E-state index in [1.54, 1.807) is 4.90 Å². The molecular weight excluding hydrogens is 398 g/mol. The van der Waals surface area contributed by atoms with Crippen LogP contribution in [0.4, 0.5) is 11.4 Å². The number of thioether (sulfide) groups is 1. The fourth-order valence-electron chi connectivity index (χ4n) is 3.88. The van der Waals surface area contributed by atoms with Crippen LogP contribution in [0, 0.1) is 5.92 Å². The van der Waals surface area contributed by atoms with Crippen LogP contribution < -0.4 is 10.6 Å². The lowest BCUT2D eigenvalue weighted by Crippen LogP contribution is -2.50. The number of nitrogens with zero attached hydrogens (tertiary/aromatic N) is 1. The van der Waals surface area contributed by atoms with E-state index in [0.717, 1.165) is 41.1 Å². The number of aryl methyl sites for hydroxylation is 1. The molecular formula is C23H25N3O3S. The largest absolute Gasteiger partial charge is 0.340 e. The van der Waals surface area contributed by atoms with Gasteiger partial charge in [-0.15, -0.1) is 11.8 Å². The minimum atomic E-state index is -0.817. The number of piperidine rings is 1. The number of nitrogens with one attached hydrogen (secondary N) is 2. The van der Waals surface area contributed by atoms with Crippen LogP contribution in [0.1, 0.15) is 25.3 Å². The summed E-state index contributed by atoms with van der Waals surface area (Å²) in [6.07, 6.45) is 2.38. The van der Waals surface area contributed by atoms with Gasteiger partial charge in [-0.3, -0.25) is 14.4 Å². The number of rotatable bonds is 4. The zero-order valence-electron chi connectivity index (χ0n) is 16.9. The molecule has 2 N–H and O–H groups in total. The highest BCUT2D eigenvalue weighted by Gasteiger charge is 2.38. The Hall–Kier alpha value is -2.80. The summed E-state index contributed by atoms with van der Waals surface area (Å²) in [6.45, 7) is 2.98. The van der Waals surface area contributed by atoms with Gasteiger partial charge in [-0.2, -0.15) is 0 Å². The summed E-state index contributed by atoms with van der Waals surface area (Å²) in [6, 6.07) is 15.3. The molecule has 2 aromatic rings. The van der Waals surface area contributed by atoms with Gasteiger partial charge in [0.05, 0.1) is 11.6 Å². The maximum atomic E-state index is 13.1. The van der Waals surface area contributed by atoms with E-state index in [1.165, 1.54) is 11.8 Å². The molecule has 2 aromatic carbocycles. The van der Waals surface area contributed by atoms with Crippen molar-refractivity contribution in [3.63, 3.8) is 0 Å². The van der Waals surface area contributed by atoms with Crippen molar-refractivity contribution in [3.8, 4) is 0 Å². The fraction of sp³-hybridized carbons (Fsp3) is 0.348. The third kappa shape index (κ3) is 4.36. The van der Waals surface area contributed by atoms with Crippen LogP contribution in [0.5, 0.6) is 0 Å². The summed E-state index contributed by atoms with van der Waals surface area (Å²) in [5, 5.41) is 4.99. The van der Waals surface area contributed by atoms with E-state index < -0.39 is 5.25 Å². The van der Waals surface area contributed by atoms with Gasteiger partial charge in [-0.25, -0.2) is 0 Å². The number of benzene rings is 2. The van der Waals surface area contributed by atoms with Crippen LogP contribution in [-0.4, -0.2) is 41.0 Å². The normalized spacial score (nSPS) is 20.8. The maximum Gasteiger partial charge on any atom is 0.247 e. The molecule has 0 radical (unpaired) electrons. The number of hydrogen-bond acceptors (Lipinski definition) is 4. The first-order valence-electron chi connectivity index (χ1n) is 10.3. The number of carbonyl (C=O) groups excluding carboxylic acids is 3. The minimum absolute atomic E-state index is 0.0770. The molecule has 6 nitrogen and oxygen atoms in total. The molecule has 0 aliphatic carbocycles. The second-order valence-electron chi connectivity index (χ2n) is 7.65. The van der Waals surface area contributed by atoms with Gasteiger partial charge in [0.1, 0.15) is 0 Å². The van der Waals surface area contributed by atoms with Crippen LogP contribution >= 0.6 is 11.8 Å². The molecule has 2 aliphatic heterocycles. The first-order valence-corrected chi connectivity index (χ1v) is 11.2. The first-order chi connectivity index (χ1) is 14.5. The molecule has 1 fully saturated rings. The van der Waals surface area contributed by atoms with Crippen molar-refractivity contribution in [2.24, 2.45) is 5.92 Å². The SMILES string of the molecule is CCc1cccc(NC(=O)[C@@H]2CCCN(C(=O)[C@@H]3Sc4ccccc4NC3=O)C2)c1. The van der Waals surface area contributed by atoms with Gasteiger partial charge >= 0.3 is 0 Å². The summed E-state index contributed by atoms with van der Waals surface area (Å²) in [5.74, 6) is -0.882. The maximum absolute atomic E-state index is 13.1. The molecule has 30 heavy (non-hydrogen) atoms. The third-order valence-electron chi connectivity index (χ3n) is 5.56. The van der Waals surface area contributed by atoms with Gasteiger partial charge < -0.3 is 15.5 Å². The second kappa shape index (κ2) is 8.92. The van der Waals surface area contributed by atoms with Crippen LogP contribution in [-0.2, 0) is 20.8 Å². The van der Waals surface area contributed by atoms with Gasteiger partial charge in [0.15, 0.2) is 5.25 Å². The standard InChI is InChI=1S/C23H25N3O3S/c1-2-15-7-5-9-17(13-15)24-21(27)16-8-6-12-26(14-16)23(29)20-22(28)25-18-10-3-4-11-19(18)30-20/h3-5,7,9-11,13,16,20H,2,6,8,12,14H2,1H3,(H,24,27)(H,25,28)/t16-,20-/m1/s1. The van der Waals surface area contributed by atoms with Crippen molar-refractivity contribution in [1.82, 2.24) is 4.90 Å². The number of likely N-dealkylation sites (tertiary alicyclic amines) is 1. The smallest absolute Gasteiger partial charge is 0.247 e. The Morgan fingerprint density at radius 1 is 1.20 bits per heavy atom. The van der Waals surface area contributed by atoms with Crippen LogP contribution in [0.2, 0.25) is 0 Å². The predicted molar refractivity (Wildman–Crippen MR) is 118 cm³/mol. The Bertz CT molecular complexity index is 978. The van der Waals surface area contributed by atoms with Crippen LogP contribution in [0.3, 0.4) is 0 Å². The summed E-state index contributed by atoms with van der Waals surface area (Å²) in [5.41, 5.74) is 2.68. The highest BCUT2D eigenvalue weighted by molar-refractivity contribution is 8.01. The minimum Gasteiger partial charge on any atom is -0.340 e. The fourth-order valence-corrected chi connectivity index (χ4v) is 4.96. The Morgan fingerprint density at radius 2 is 2.03 bits per heavy atom. The van der Waals surface area contributed by atoms with Crippen LogP contribution in [0.15, 0.2) is 53.4 Å². The lowest BCUT2D eigenvalue weighted by atomic mass is 9.96. The van der Waals surface area contributed by atoms with Crippen molar-refractivity contribution in [1.29, 1.82) is 0 Å². The third-order valence-corrected chi connectivity index (χ3v) is 6.82. The van der Waals surface area contributed by atoms with Crippen molar-refractivity contribution in [3.05, 3.63) is 54.1 Å². The quantitative estimate of drug-likeness (QED) is 0.738. The summed E-state index contributed by atoms with van der Waals surface area (Å²) in [7, 11) is 0. The number of hydrogen-bond donors (Lipinski definition) is 2. The monoisotopic (exact) mass is 423 g/mol. The zero-order chi connectivity index (χ0) is 21.1. The average Bonchev–Trinajstić information content (AvgIpc) is 2.78. The molecule has 2 aliphatic rings. The summed E-state index contributed by atoms with van der Waals surface area (Å²) >= 11 is 1.28. The number of amides is 3. The molecule has 0 unspecified atom stereocenters. The molecule has 156 valence electrons. The van der Waals surface area contributed by atoms with E-state index in [1.807, 2.05) is 48.5 Å². The highest BCUT2D eigenvalue weighted by atomic mass is 32.2. The van der Waals surface area contributed by atoms with Crippen LogP contribution in [0.25, 0.3) is 0 Å². The molecule has 3 amide bonds. The van der Waals surface area contributed by atoms with E-state index in [9.17, 15) is 14.4 Å². The van der Waals surface area contributed by atoms with Gasteiger partial charge in [-0.1, -0.05) is 31.2 Å². The molecule has 2 heterocycles. The molecule has 0 spiro atoms. The topological polar surface area (TPSA) is 78.5 Å². The lowest BCUT2D eigenvalue weighted by molar-refractivity contribution is -0.136. The first kappa shape index (κ1) is 20.5. The van der Waals surface area contributed by atoms with Crippen molar-refractivity contribution in [2.75, 3.05) is 23.7 Å². The van der Waals surface area contributed by atoms with E-state index in [-0.39, 0.29) is 23.6 Å². The average molecular weight is 424 g/mol. The molecule has 4 rings (SSSR count). The van der Waals surface area contributed by atoms with Crippen molar-refractivity contribution < 1.29 is 14.4 Å². The molecule has 1 saturated heterocycles. The molecule has 0 bridgehead atoms. The Labute approximate surface area is 180 Å². The lowest BCUT2D eigenvalue weighted by Gasteiger charge is -2.35. The number of fused-ring (bicyclic) bond motifs is 1. The summed E-state index contributed by atoms with van der Waals surface area (Å²) in [4.78, 5) is 41.0. The van der Waals surface area contributed by atoms with E-state index in [2.05, 4.69) is 17.6 Å². The summed E-state index contributed by atoms with van der Waals surface area (Å²) < 4.78 is 0.